The Morgan fingerprint density at radius 3 is 2.35 bits per heavy atom. The third-order valence-electron chi connectivity index (χ3n) is 3.53. The number of hydrogen-bond donors (Lipinski definition) is 1. The smallest absolute Gasteiger partial charge is 0.124 e. The summed E-state index contributed by atoms with van der Waals surface area (Å²) in [6, 6.07) is 4.70. The van der Waals surface area contributed by atoms with Crippen LogP contribution < -0.4 is 5.32 Å². The molecule has 20 heavy (non-hydrogen) atoms. The molecule has 1 rings (SSSR count). The Morgan fingerprint density at radius 1 is 1.20 bits per heavy atom. The van der Waals surface area contributed by atoms with Crippen LogP contribution >= 0.6 is 11.6 Å². The lowest BCUT2D eigenvalue weighted by Gasteiger charge is -2.34. The normalized spacial score (nSPS) is 15.2. The van der Waals surface area contributed by atoms with Gasteiger partial charge in [-0.05, 0) is 56.7 Å². The highest BCUT2D eigenvalue weighted by atomic mass is 35.5. The van der Waals surface area contributed by atoms with E-state index in [0.717, 1.165) is 31.4 Å². The average molecular weight is 300 g/mol. The zero-order valence-corrected chi connectivity index (χ0v) is 14.1. The minimum atomic E-state index is -0.274. The lowest BCUT2D eigenvalue weighted by molar-refractivity contribution is 0.243. The highest BCUT2D eigenvalue weighted by Gasteiger charge is 2.26. The van der Waals surface area contributed by atoms with Gasteiger partial charge in [0.1, 0.15) is 5.82 Å². The average Bonchev–Trinajstić information content (AvgIpc) is 2.30. The maximum absolute atomic E-state index is 13.1. The molecule has 0 heterocycles. The minimum absolute atomic E-state index is 0.0988. The van der Waals surface area contributed by atoms with E-state index in [2.05, 4.69) is 39.9 Å². The van der Waals surface area contributed by atoms with Crippen molar-refractivity contribution in [3.8, 4) is 0 Å². The van der Waals surface area contributed by atoms with E-state index in [-0.39, 0.29) is 16.8 Å². The summed E-state index contributed by atoms with van der Waals surface area (Å²) in [4.78, 5) is 0. The molecule has 0 radical (unpaired) electrons. The number of rotatable bonds is 6. The molecule has 3 heteroatoms. The van der Waals surface area contributed by atoms with Crippen LogP contribution in [0, 0.1) is 11.2 Å². The molecule has 0 aliphatic rings. The van der Waals surface area contributed by atoms with Crippen molar-refractivity contribution in [1.82, 2.24) is 5.32 Å². The monoisotopic (exact) mass is 299 g/mol. The molecule has 0 spiro atoms. The van der Waals surface area contributed by atoms with Gasteiger partial charge in [-0.3, -0.25) is 0 Å². The van der Waals surface area contributed by atoms with Crippen molar-refractivity contribution in [2.45, 2.75) is 59.4 Å². The maximum Gasteiger partial charge on any atom is 0.124 e. The van der Waals surface area contributed by atoms with Gasteiger partial charge in [0.15, 0.2) is 0 Å². The molecule has 1 nitrogen and oxygen atoms in total. The molecule has 1 atom stereocenters. The Kier molecular flexibility index (Phi) is 6.03. The molecule has 1 unspecified atom stereocenters. The zero-order valence-electron chi connectivity index (χ0n) is 13.3. The van der Waals surface area contributed by atoms with Crippen LogP contribution in [-0.2, 0) is 6.42 Å². The molecular formula is C17H27ClFN. The van der Waals surface area contributed by atoms with Crippen LogP contribution in [0.15, 0.2) is 18.2 Å². The highest BCUT2D eigenvalue weighted by molar-refractivity contribution is 6.31. The summed E-state index contributed by atoms with van der Waals surface area (Å²) < 4.78 is 13.1. The van der Waals surface area contributed by atoms with Gasteiger partial charge in [0.2, 0.25) is 0 Å². The summed E-state index contributed by atoms with van der Waals surface area (Å²) in [5.74, 6) is -0.274. The standard InChI is InChI=1S/C17H27ClFN/c1-6-9-17(5,12-20-16(2,3)4)11-13-7-8-14(19)10-15(13)18/h7-8,10,20H,6,9,11-12H2,1-5H3. The van der Waals surface area contributed by atoms with Crippen molar-refractivity contribution < 1.29 is 4.39 Å². The first kappa shape index (κ1) is 17.5. The van der Waals surface area contributed by atoms with Gasteiger partial charge in [-0.15, -0.1) is 0 Å². The van der Waals surface area contributed by atoms with E-state index < -0.39 is 0 Å². The van der Waals surface area contributed by atoms with E-state index >= 15 is 0 Å². The third-order valence-corrected chi connectivity index (χ3v) is 3.88. The van der Waals surface area contributed by atoms with E-state index in [1.54, 1.807) is 0 Å². The van der Waals surface area contributed by atoms with Crippen molar-refractivity contribution in [1.29, 1.82) is 0 Å². The van der Waals surface area contributed by atoms with Gasteiger partial charge in [-0.2, -0.15) is 0 Å². The predicted molar refractivity (Wildman–Crippen MR) is 85.9 cm³/mol. The second-order valence-corrected chi connectivity index (χ2v) is 7.48. The van der Waals surface area contributed by atoms with Crippen LogP contribution in [0.25, 0.3) is 0 Å². The molecule has 1 aromatic carbocycles. The number of benzene rings is 1. The summed E-state index contributed by atoms with van der Waals surface area (Å²) in [5, 5.41) is 4.11. The minimum Gasteiger partial charge on any atom is -0.312 e. The number of nitrogens with one attached hydrogen (secondary N) is 1. The largest absolute Gasteiger partial charge is 0.312 e. The molecule has 0 bridgehead atoms. The van der Waals surface area contributed by atoms with Gasteiger partial charge < -0.3 is 5.32 Å². The third kappa shape index (κ3) is 5.80. The Bertz CT molecular complexity index is 439. The van der Waals surface area contributed by atoms with Crippen molar-refractivity contribution in [3.63, 3.8) is 0 Å². The van der Waals surface area contributed by atoms with Crippen LogP contribution in [0.5, 0.6) is 0 Å². The Balaban J connectivity index is 2.84. The lowest BCUT2D eigenvalue weighted by atomic mass is 9.79. The van der Waals surface area contributed by atoms with Crippen LogP contribution in [0.4, 0.5) is 4.39 Å². The number of halogens is 2. The molecule has 114 valence electrons. The molecule has 0 amide bonds. The first-order valence-corrected chi connectivity index (χ1v) is 7.72. The van der Waals surface area contributed by atoms with E-state index in [1.165, 1.54) is 12.1 Å². The Labute approximate surface area is 127 Å². The summed E-state index contributed by atoms with van der Waals surface area (Å²) in [6.07, 6.45) is 3.11. The zero-order chi connectivity index (χ0) is 15.4. The van der Waals surface area contributed by atoms with Crippen LogP contribution in [0.3, 0.4) is 0 Å². The van der Waals surface area contributed by atoms with Crippen molar-refractivity contribution in [2.24, 2.45) is 5.41 Å². The SMILES string of the molecule is CCCC(C)(CNC(C)(C)C)Cc1ccc(F)cc1Cl. The molecule has 0 aliphatic carbocycles. The quantitative estimate of drug-likeness (QED) is 0.759. The fraction of sp³-hybridized carbons (Fsp3) is 0.647. The van der Waals surface area contributed by atoms with Crippen molar-refractivity contribution in [2.75, 3.05) is 6.54 Å². The van der Waals surface area contributed by atoms with E-state index in [9.17, 15) is 4.39 Å². The van der Waals surface area contributed by atoms with Gasteiger partial charge in [-0.25, -0.2) is 4.39 Å². The summed E-state index contributed by atoms with van der Waals surface area (Å²) >= 11 is 6.17. The van der Waals surface area contributed by atoms with Gasteiger partial charge in [0.05, 0.1) is 0 Å². The molecule has 1 aromatic rings. The predicted octanol–water partition coefficient (Wildman–Crippen LogP) is 5.22. The van der Waals surface area contributed by atoms with Gasteiger partial charge in [0.25, 0.3) is 0 Å². The molecule has 0 saturated heterocycles. The number of hydrogen-bond acceptors (Lipinski definition) is 1. The topological polar surface area (TPSA) is 12.0 Å². The fourth-order valence-electron chi connectivity index (χ4n) is 2.45. The van der Waals surface area contributed by atoms with Crippen LogP contribution in [0.1, 0.15) is 53.0 Å². The summed E-state index contributed by atoms with van der Waals surface area (Å²) in [7, 11) is 0. The Hall–Kier alpha value is -0.600. The Morgan fingerprint density at radius 2 is 1.85 bits per heavy atom. The van der Waals surface area contributed by atoms with Gasteiger partial charge in [-0.1, -0.05) is 37.9 Å². The van der Waals surface area contributed by atoms with Gasteiger partial charge in [0, 0.05) is 17.1 Å². The molecular weight excluding hydrogens is 273 g/mol. The van der Waals surface area contributed by atoms with Gasteiger partial charge >= 0.3 is 0 Å². The molecule has 0 aromatic heterocycles. The maximum atomic E-state index is 13.1. The lowest BCUT2D eigenvalue weighted by Crippen LogP contribution is -2.43. The second-order valence-electron chi connectivity index (χ2n) is 7.08. The van der Waals surface area contributed by atoms with Crippen LogP contribution in [0.2, 0.25) is 5.02 Å². The molecule has 0 aliphatic heterocycles. The van der Waals surface area contributed by atoms with E-state index in [4.69, 9.17) is 11.6 Å². The van der Waals surface area contributed by atoms with Crippen molar-refractivity contribution >= 4 is 11.6 Å². The summed E-state index contributed by atoms with van der Waals surface area (Å²) in [5.41, 5.74) is 1.25. The first-order valence-electron chi connectivity index (χ1n) is 7.34. The molecule has 0 fully saturated rings. The fourth-order valence-corrected chi connectivity index (χ4v) is 2.68. The van der Waals surface area contributed by atoms with Crippen molar-refractivity contribution in [3.05, 3.63) is 34.6 Å². The van der Waals surface area contributed by atoms with Crippen LogP contribution in [-0.4, -0.2) is 12.1 Å². The second kappa shape index (κ2) is 6.91. The highest BCUT2D eigenvalue weighted by Crippen LogP contribution is 2.31. The van der Waals surface area contributed by atoms with E-state index in [0.29, 0.717) is 5.02 Å². The molecule has 0 saturated carbocycles. The molecule has 1 N–H and O–H groups in total. The first-order chi connectivity index (χ1) is 9.15. The van der Waals surface area contributed by atoms with E-state index in [1.807, 2.05) is 6.07 Å². The summed E-state index contributed by atoms with van der Waals surface area (Å²) in [6.45, 7) is 11.9.